The van der Waals surface area contributed by atoms with Gasteiger partial charge in [0.1, 0.15) is 11.4 Å². The number of rotatable bonds is 4. The Kier molecular flexibility index (Phi) is 7.40. The lowest BCUT2D eigenvalue weighted by Crippen LogP contribution is -2.44. The lowest BCUT2D eigenvalue weighted by Gasteiger charge is -2.41. The summed E-state index contributed by atoms with van der Waals surface area (Å²) in [5.74, 6) is 0.207. The van der Waals surface area contributed by atoms with Crippen LogP contribution in [0.1, 0.15) is 56.8 Å². The molecule has 0 bridgehead atoms. The van der Waals surface area contributed by atoms with E-state index in [0.29, 0.717) is 17.0 Å². The lowest BCUT2D eigenvalue weighted by atomic mass is 9.79. The average Bonchev–Trinajstić information content (AvgIpc) is 3.31. The van der Waals surface area contributed by atoms with E-state index in [1.807, 2.05) is 31.7 Å². The minimum atomic E-state index is -0.525. The molecule has 2 aliphatic heterocycles. The van der Waals surface area contributed by atoms with Crippen molar-refractivity contribution in [3.8, 4) is 0 Å². The van der Waals surface area contributed by atoms with Gasteiger partial charge in [0.2, 0.25) is 0 Å². The van der Waals surface area contributed by atoms with E-state index >= 15 is 0 Å². The number of aromatic nitrogens is 1. The summed E-state index contributed by atoms with van der Waals surface area (Å²) >= 11 is 1.29. The van der Waals surface area contributed by atoms with Gasteiger partial charge in [-0.3, -0.25) is 10.1 Å². The first kappa shape index (κ1) is 24.4. The average molecular weight is 489 g/mol. The van der Waals surface area contributed by atoms with Crippen molar-refractivity contribution in [3.63, 3.8) is 0 Å². The van der Waals surface area contributed by atoms with Crippen LogP contribution in [0, 0.1) is 17.7 Å². The first-order chi connectivity index (χ1) is 16.2. The highest BCUT2D eigenvalue weighted by Crippen LogP contribution is 2.34. The second-order valence-corrected chi connectivity index (χ2v) is 11.0. The Morgan fingerprint density at radius 1 is 1.09 bits per heavy atom. The Labute approximate surface area is 204 Å². The van der Waals surface area contributed by atoms with Crippen molar-refractivity contribution in [2.75, 3.05) is 36.4 Å². The van der Waals surface area contributed by atoms with E-state index in [1.165, 1.54) is 17.4 Å². The molecule has 1 aromatic heterocycles. The Balaban J connectivity index is 1.27. The van der Waals surface area contributed by atoms with Crippen molar-refractivity contribution in [3.05, 3.63) is 41.2 Å². The maximum Gasteiger partial charge on any atom is 0.410 e. The fourth-order valence-electron chi connectivity index (χ4n) is 4.84. The number of thiazole rings is 1. The van der Waals surface area contributed by atoms with Gasteiger partial charge in [-0.05, 0) is 76.5 Å². The first-order valence-corrected chi connectivity index (χ1v) is 12.8. The van der Waals surface area contributed by atoms with Crippen LogP contribution in [0.4, 0.5) is 20.0 Å². The van der Waals surface area contributed by atoms with Gasteiger partial charge in [-0.25, -0.2) is 14.2 Å². The molecule has 1 aromatic carbocycles. The zero-order chi connectivity index (χ0) is 24.3. The standard InChI is InChI=1S/C25H33FN4O3S/c1-25(2,3)33-24(32)30-13-8-18(9-14-30)17-6-11-29(12-7-17)19-4-5-20(21(26)16-19)22(31)28-23-27-10-15-34-23/h4-5,10,15-18H,6-9,11-14H2,1-3H3,(H,27,28,31). The van der Waals surface area contributed by atoms with Crippen LogP contribution in [0.2, 0.25) is 0 Å². The predicted octanol–water partition coefficient (Wildman–Crippen LogP) is 5.40. The number of ether oxygens (including phenoxy) is 1. The van der Waals surface area contributed by atoms with Crippen LogP contribution in [0.5, 0.6) is 0 Å². The molecule has 3 heterocycles. The van der Waals surface area contributed by atoms with Gasteiger partial charge >= 0.3 is 6.09 Å². The van der Waals surface area contributed by atoms with Crippen LogP contribution < -0.4 is 10.2 Å². The van der Waals surface area contributed by atoms with Crippen LogP contribution in [-0.2, 0) is 4.74 Å². The minimum Gasteiger partial charge on any atom is -0.444 e. The highest BCUT2D eigenvalue weighted by molar-refractivity contribution is 7.13. The quantitative estimate of drug-likeness (QED) is 0.624. The number of nitrogens with one attached hydrogen (secondary N) is 1. The van der Waals surface area contributed by atoms with Gasteiger partial charge in [0, 0.05) is 43.4 Å². The van der Waals surface area contributed by atoms with E-state index in [1.54, 1.807) is 17.6 Å². The molecule has 2 fully saturated rings. The number of carbonyl (C=O) groups excluding carboxylic acids is 2. The molecule has 0 atom stereocenters. The molecule has 2 amide bonds. The number of hydrogen-bond acceptors (Lipinski definition) is 6. The van der Waals surface area contributed by atoms with Crippen molar-refractivity contribution in [2.24, 2.45) is 11.8 Å². The van der Waals surface area contributed by atoms with Crippen molar-refractivity contribution < 1.29 is 18.7 Å². The molecule has 1 N–H and O–H groups in total. The maximum atomic E-state index is 14.7. The third-order valence-electron chi connectivity index (χ3n) is 6.61. The molecule has 34 heavy (non-hydrogen) atoms. The third kappa shape index (κ3) is 6.05. The van der Waals surface area contributed by atoms with E-state index in [9.17, 15) is 14.0 Å². The number of hydrogen-bond donors (Lipinski definition) is 1. The molecule has 0 spiro atoms. The first-order valence-electron chi connectivity index (χ1n) is 11.9. The van der Waals surface area contributed by atoms with Gasteiger partial charge in [0.25, 0.3) is 5.91 Å². The van der Waals surface area contributed by atoms with Gasteiger partial charge in [-0.2, -0.15) is 0 Å². The van der Waals surface area contributed by atoms with Crippen molar-refractivity contribution in [2.45, 2.75) is 52.1 Å². The number of amides is 2. The van der Waals surface area contributed by atoms with Gasteiger partial charge in [0.15, 0.2) is 5.13 Å². The van der Waals surface area contributed by atoms with Gasteiger partial charge < -0.3 is 14.5 Å². The number of carbonyl (C=O) groups is 2. The summed E-state index contributed by atoms with van der Waals surface area (Å²) < 4.78 is 20.2. The molecule has 0 aliphatic carbocycles. The van der Waals surface area contributed by atoms with Crippen molar-refractivity contribution in [1.82, 2.24) is 9.88 Å². The molecule has 2 aliphatic rings. The fourth-order valence-corrected chi connectivity index (χ4v) is 5.37. The Bertz CT molecular complexity index is 992. The second kappa shape index (κ2) is 10.3. The molecule has 4 rings (SSSR count). The van der Waals surface area contributed by atoms with E-state index in [0.717, 1.165) is 57.5 Å². The molecule has 2 aromatic rings. The van der Waals surface area contributed by atoms with Crippen LogP contribution in [0.3, 0.4) is 0 Å². The van der Waals surface area contributed by atoms with E-state index in [-0.39, 0.29) is 11.7 Å². The normalized spacial score (nSPS) is 18.1. The molecular weight excluding hydrogens is 455 g/mol. The van der Waals surface area contributed by atoms with Gasteiger partial charge in [0.05, 0.1) is 5.56 Å². The number of benzene rings is 1. The molecule has 0 saturated carbocycles. The summed E-state index contributed by atoms with van der Waals surface area (Å²) in [6.07, 6.45) is 5.47. The van der Waals surface area contributed by atoms with Crippen LogP contribution in [0.25, 0.3) is 0 Å². The predicted molar refractivity (Wildman–Crippen MR) is 132 cm³/mol. The maximum absolute atomic E-state index is 14.7. The third-order valence-corrected chi connectivity index (χ3v) is 7.30. The number of likely N-dealkylation sites (tertiary alicyclic amines) is 1. The van der Waals surface area contributed by atoms with Gasteiger partial charge in [-0.15, -0.1) is 11.3 Å². The van der Waals surface area contributed by atoms with E-state index < -0.39 is 17.3 Å². The van der Waals surface area contributed by atoms with Crippen molar-refractivity contribution >= 4 is 34.2 Å². The largest absolute Gasteiger partial charge is 0.444 e. The van der Waals surface area contributed by atoms with Crippen LogP contribution in [-0.4, -0.2) is 53.7 Å². The smallest absolute Gasteiger partial charge is 0.410 e. The van der Waals surface area contributed by atoms with E-state index in [2.05, 4.69) is 15.2 Å². The monoisotopic (exact) mass is 488 g/mol. The summed E-state index contributed by atoms with van der Waals surface area (Å²) in [4.78, 5) is 32.7. The highest BCUT2D eigenvalue weighted by atomic mass is 32.1. The number of halogens is 1. The zero-order valence-corrected chi connectivity index (χ0v) is 20.9. The summed E-state index contributed by atoms with van der Waals surface area (Å²) in [5.41, 5.74) is 0.357. The number of piperidine rings is 2. The summed E-state index contributed by atoms with van der Waals surface area (Å²) in [7, 11) is 0. The molecule has 184 valence electrons. The summed E-state index contributed by atoms with van der Waals surface area (Å²) in [6.45, 7) is 8.89. The minimum absolute atomic E-state index is 0.0191. The van der Waals surface area contributed by atoms with Crippen LogP contribution >= 0.6 is 11.3 Å². The molecule has 0 unspecified atom stereocenters. The second-order valence-electron chi connectivity index (χ2n) is 10.1. The summed E-state index contributed by atoms with van der Waals surface area (Å²) in [6, 6.07) is 4.82. The molecule has 7 nitrogen and oxygen atoms in total. The highest BCUT2D eigenvalue weighted by Gasteiger charge is 2.32. The Morgan fingerprint density at radius 2 is 1.74 bits per heavy atom. The van der Waals surface area contributed by atoms with Crippen LogP contribution in [0.15, 0.2) is 29.8 Å². The van der Waals surface area contributed by atoms with E-state index in [4.69, 9.17) is 4.74 Å². The van der Waals surface area contributed by atoms with Gasteiger partial charge in [-0.1, -0.05) is 0 Å². The zero-order valence-electron chi connectivity index (χ0n) is 20.1. The molecular formula is C25H33FN4O3S. The SMILES string of the molecule is CC(C)(C)OC(=O)N1CCC(C2CCN(c3ccc(C(=O)Nc4nccs4)c(F)c3)CC2)CC1. The number of nitrogens with zero attached hydrogens (tertiary/aromatic N) is 3. The number of anilines is 2. The molecule has 0 radical (unpaired) electrons. The summed E-state index contributed by atoms with van der Waals surface area (Å²) in [5, 5.41) is 4.83. The topological polar surface area (TPSA) is 74.8 Å². The van der Waals surface area contributed by atoms with Crippen molar-refractivity contribution in [1.29, 1.82) is 0 Å². The molecule has 2 saturated heterocycles. The Hall–Kier alpha value is -2.68. The fraction of sp³-hybridized carbons (Fsp3) is 0.560. The Morgan fingerprint density at radius 3 is 2.29 bits per heavy atom. The molecule has 9 heteroatoms. The lowest BCUT2D eigenvalue weighted by molar-refractivity contribution is 0.0152.